The van der Waals surface area contributed by atoms with Gasteiger partial charge in [0.05, 0.1) is 18.3 Å². The number of carbonyl (C=O) groups is 1. The van der Waals surface area contributed by atoms with Crippen molar-refractivity contribution in [1.82, 2.24) is 5.32 Å². The number of hydrogen-bond donors (Lipinski definition) is 1. The lowest BCUT2D eigenvalue weighted by molar-refractivity contribution is 0.0825. The van der Waals surface area contributed by atoms with Crippen LogP contribution in [0.1, 0.15) is 28.9 Å². The highest BCUT2D eigenvalue weighted by Gasteiger charge is 2.19. The molecule has 0 bridgehead atoms. The van der Waals surface area contributed by atoms with Crippen molar-refractivity contribution in [3.63, 3.8) is 0 Å². The smallest absolute Gasteiger partial charge is 0.255 e. The summed E-state index contributed by atoms with van der Waals surface area (Å²) in [6, 6.07) is 17.6. The molecule has 0 unspecified atom stereocenters. The van der Waals surface area contributed by atoms with Crippen molar-refractivity contribution in [1.29, 1.82) is 0 Å². The number of benzene rings is 3. The van der Waals surface area contributed by atoms with Gasteiger partial charge in [0, 0.05) is 13.7 Å². The zero-order valence-electron chi connectivity index (χ0n) is 15.4. The van der Waals surface area contributed by atoms with Crippen molar-refractivity contribution < 1.29 is 18.7 Å². The Hall–Kier alpha value is -2.92. The summed E-state index contributed by atoms with van der Waals surface area (Å²) >= 11 is 0. The molecule has 0 radical (unpaired) electrons. The number of rotatable bonds is 7. The molecule has 3 aromatic carbocycles. The second kappa shape index (κ2) is 8.64. The van der Waals surface area contributed by atoms with Gasteiger partial charge in [-0.1, -0.05) is 42.5 Å². The summed E-state index contributed by atoms with van der Waals surface area (Å²) in [6.45, 7) is 2.55. The highest BCUT2D eigenvalue weighted by Crippen LogP contribution is 2.28. The summed E-state index contributed by atoms with van der Waals surface area (Å²) in [5, 5.41) is 4.67. The van der Waals surface area contributed by atoms with Crippen LogP contribution in [0.5, 0.6) is 5.75 Å². The van der Waals surface area contributed by atoms with Crippen molar-refractivity contribution in [3.8, 4) is 5.75 Å². The van der Waals surface area contributed by atoms with Gasteiger partial charge in [0.1, 0.15) is 11.6 Å². The fraction of sp³-hybridized carbons (Fsp3) is 0.227. The van der Waals surface area contributed by atoms with Crippen LogP contribution in [0.25, 0.3) is 10.8 Å². The first kappa shape index (κ1) is 18.9. The van der Waals surface area contributed by atoms with E-state index in [0.29, 0.717) is 23.5 Å². The van der Waals surface area contributed by atoms with Gasteiger partial charge in [-0.25, -0.2) is 4.39 Å². The van der Waals surface area contributed by atoms with Gasteiger partial charge in [0.25, 0.3) is 5.91 Å². The summed E-state index contributed by atoms with van der Waals surface area (Å²) in [4.78, 5) is 13.0. The Kier molecular flexibility index (Phi) is 6.04. The SMILES string of the molecule is CCOc1ccc2ccccc2c1C(=O)NC[C@@H](OC)c1cccc(F)c1. The number of ether oxygens (including phenoxy) is 2. The van der Waals surface area contributed by atoms with Gasteiger partial charge in [0.2, 0.25) is 0 Å². The van der Waals surface area contributed by atoms with Crippen LogP contribution in [0, 0.1) is 5.82 Å². The third-order valence-electron chi connectivity index (χ3n) is 4.37. The topological polar surface area (TPSA) is 47.6 Å². The first-order chi connectivity index (χ1) is 13.1. The average molecular weight is 367 g/mol. The van der Waals surface area contributed by atoms with Gasteiger partial charge in [-0.05, 0) is 41.5 Å². The number of carbonyl (C=O) groups excluding carboxylic acids is 1. The van der Waals surface area contributed by atoms with Gasteiger partial charge >= 0.3 is 0 Å². The minimum absolute atomic E-state index is 0.216. The largest absolute Gasteiger partial charge is 0.493 e. The van der Waals surface area contributed by atoms with E-state index in [2.05, 4.69) is 5.32 Å². The van der Waals surface area contributed by atoms with Crippen molar-refractivity contribution in [2.24, 2.45) is 0 Å². The highest BCUT2D eigenvalue weighted by molar-refractivity contribution is 6.09. The molecule has 140 valence electrons. The van der Waals surface area contributed by atoms with Crippen LogP contribution in [0.15, 0.2) is 60.7 Å². The maximum atomic E-state index is 13.5. The lowest BCUT2D eigenvalue weighted by Crippen LogP contribution is -2.29. The molecular weight excluding hydrogens is 345 g/mol. The van der Waals surface area contributed by atoms with Crippen LogP contribution in [-0.4, -0.2) is 26.2 Å². The molecule has 0 fully saturated rings. The van der Waals surface area contributed by atoms with Crippen LogP contribution in [0.2, 0.25) is 0 Å². The van der Waals surface area contributed by atoms with Gasteiger partial charge in [0.15, 0.2) is 0 Å². The maximum absolute atomic E-state index is 13.5. The minimum Gasteiger partial charge on any atom is -0.493 e. The standard InChI is InChI=1S/C22H22FNO3/c1-3-27-19-12-11-15-7-4-5-10-18(15)21(19)22(25)24-14-20(26-2)16-8-6-9-17(23)13-16/h4-13,20H,3,14H2,1-2H3,(H,24,25)/t20-/m1/s1. The Bertz CT molecular complexity index is 942. The predicted octanol–water partition coefficient (Wildman–Crippen LogP) is 4.50. The van der Waals surface area contributed by atoms with E-state index in [9.17, 15) is 9.18 Å². The molecular formula is C22H22FNO3. The summed E-state index contributed by atoms with van der Waals surface area (Å²) in [5.74, 6) is -0.0595. The van der Waals surface area contributed by atoms with Crippen molar-refractivity contribution in [2.75, 3.05) is 20.3 Å². The number of fused-ring (bicyclic) bond motifs is 1. The first-order valence-corrected chi connectivity index (χ1v) is 8.85. The number of methoxy groups -OCH3 is 1. The van der Waals surface area contributed by atoms with E-state index in [1.165, 1.54) is 19.2 Å². The van der Waals surface area contributed by atoms with E-state index in [4.69, 9.17) is 9.47 Å². The number of hydrogen-bond acceptors (Lipinski definition) is 3. The van der Waals surface area contributed by atoms with Crippen LogP contribution >= 0.6 is 0 Å². The highest BCUT2D eigenvalue weighted by atomic mass is 19.1. The molecule has 0 saturated carbocycles. The Balaban J connectivity index is 1.86. The number of amides is 1. The van der Waals surface area contributed by atoms with E-state index < -0.39 is 6.10 Å². The van der Waals surface area contributed by atoms with E-state index >= 15 is 0 Å². The number of halogens is 1. The Labute approximate surface area is 157 Å². The quantitative estimate of drug-likeness (QED) is 0.669. The van der Waals surface area contributed by atoms with Gasteiger partial charge in [-0.2, -0.15) is 0 Å². The molecule has 0 aliphatic carbocycles. The maximum Gasteiger partial charge on any atom is 0.255 e. The van der Waals surface area contributed by atoms with Crippen molar-refractivity contribution in [3.05, 3.63) is 77.6 Å². The average Bonchev–Trinajstić information content (AvgIpc) is 2.68. The van der Waals surface area contributed by atoms with Crippen LogP contribution in [0.3, 0.4) is 0 Å². The molecule has 5 heteroatoms. The van der Waals surface area contributed by atoms with Crippen LogP contribution < -0.4 is 10.1 Å². The van der Waals surface area contributed by atoms with Gasteiger partial charge in [-0.15, -0.1) is 0 Å². The Morgan fingerprint density at radius 2 is 1.93 bits per heavy atom. The summed E-state index contributed by atoms with van der Waals surface area (Å²) in [7, 11) is 1.53. The molecule has 3 aromatic rings. The molecule has 4 nitrogen and oxygen atoms in total. The molecule has 0 spiro atoms. The molecule has 27 heavy (non-hydrogen) atoms. The molecule has 1 amide bonds. The lowest BCUT2D eigenvalue weighted by atomic mass is 10.0. The molecule has 0 aliphatic heterocycles. The van der Waals surface area contributed by atoms with E-state index in [1.807, 2.05) is 37.3 Å². The fourth-order valence-corrected chi connectivity index (χ4v) is 3.08. The summed E-state index contributed by atoms with van der Waals surface area (Å²) < 4.78 is 24.6. The van der Waals surface area contributed by atoms with Crippen molar-refractivity contribution >= 4 is 16.7 Å². The molecule has 0 saturated heterocycles. The predicted molar refractivity (Wildman–Crippen MR) is 104 cm³/mol. The first-order valence-electron chi connectivity index (χ1n) is 8.85. The molecule has 0 aromatic heterocycles. The van der Waals surface area contributed by atoms with Gasteiger partial charge < -0.3 is 14.8 Å². The minimum atomic E-state index is -0.449. The second-order valence-electron chi connectivity index (χ2n) is 6.08. The lowest BCUT2D eigenvalue weighted by Gasteiger charge is -2.18. The molecule has 0 aliphatic rings. The van der Waals surface area contributed by atoms with Gasteiger partial charge in [-0.3, -0.25) is 4.79 Å². The molecule has 1 atom stereocenters. The second-order valence-corrected chi connectivity index (χ2v) is 6.08. The molecule has 1 N–H and O–H groups in total. The van der Waals surface area contributed by atoms with E-state index in [0.717, 1.165) is 10.8 Å². The molecule has 0 heterocycles. The molecule has 3 rings (SSSR count). The summed E-state index contributed by atoms with van der Waals surface area (Å²) in [5.41, 5.74) is 1.16. The zero-order valence-corrected chi connectivity index (χ0v) is 15.4. The van der Waals surface area contributed by atoms with Crippen LogP contribution in [-0.2, 0) is 4.74 Å². The fourth-order valence-electron chi connectivity index (χ4n) is 3.08. The van der Waals surface area contributed by atoms with E-state index in [1.54, 1.807) is 18.2 Å². The van der Waals surface area contributed by atoms with Crippen LogP contribution in [0.4, 0.5) is 4.39 Å². The number of nitrogens with one attached hydrogen (secondary N) is 1. The summed E-state index contributed by atoms with van der Waals surface area (Å²) in [6.07, 6.45) is -0.449. The Morgan fingerprint density at radius 1 is 1.11 bits per heavy atom. The third-order valence-corrected chi connectivity index (χ3v) is 4.37. The van der Waals surface area contributed by atoms with E-state index in [-0.39, 0.29) is 18.3 Å². The third kappa shape index (κ3) is 4.26. The normalized spacial score (nSPS) is 12.0. The van der Waals surface area contributed by atoms with Crippen molar-refractivity contribution in [2.45, 2.75) is 13.0 Å². The Morgan fingerprint density at radius 3 is 2.67 bits per heavy atom. The monoisotopic (exact) mass is 367 g/mol. The zero-order chi connectivity index (χ0) is 19.2.